The van der Waals surface area contributed by atoms with E-state index < -0.39 is 12.1 Å². The maximum Gasteiger partial charge on any atom is 0.120 e. The molecule has 0 bridgehead atoms. The van der Waals surface area contributed by atoms with E-state index in [1.165, 1.54) is 0 Å². The third kappa shape index (κ3) is 4.02. The predicted molar refractivity (Wildman–Crippen MR) is 69.9 cm³/mol. The highest BCUT2D eigenvalue weighted by Crippen LogP contribution is 2.27. The average Bonchev–Trinajstić information content (AvgIpc) is 2.25. The summed E-state index contributed by atoms with van der Waals surface area (Å²) in [6.07, 6.45) is 0.985. The summed E-state index contributed by atoms with van der Waals surface area (Å²) < 4.78 is 0. The number of phenolic OH excluding ortho intramolecular Hbond substituents is 1. The molecule has 1 aromatic carbocycles. The van der Waals surface area contributed by atoms with Crippen molar-refractivity contribution in [3.8, 4) is 5.75 Å². The van der Waals surface area contributed by atoms with Crippen molar-refractivity contribution in [1.29, 1.82) is 0 Å². The highest BCUT2D eigenvalue weighted by atomic mass is 16.3. The molecule has 1 rings (SSSR count). The van der Waals surface area contributed by atoms with Gasteiger partial charge in [0.15, 0.2) is 0 Å². The van der Waals surface area contributed by atoms with Gasteiger partial charge in [-0.25, -0.2) is 0 Å². The standard InChI is InChI=1S/C14H23NO2/c1-9(2)4-7-12(16)14(15)11-6-5-10(3)8-13(11)17/h5-6,8-9,12,14,16-17H,4,7,15H2,1-3H3/t12-,14+/m0/s1. The Balaban J connectivity index is 2.71. The van der Waals surface area contributed by atoms with E-state index in [2.05, 4.69) is 13.8 Å². The van der Waals surface area contributed by atoms with Crippen LogP contribution in [-0.4, -0.2) is 16.3 Å². The van der Waals surface area contributed by atoms with Crippen molar-refractivity contribution >= 4 is 0 Å². The fourth-order valence-electron chi connectivity index (χ4n) is 1.83. The fraction of sp³-hybridized carbons (Fsp3) is 0.571. The van der Waals surface area contributed by atoms with Crippen LogP contribution in [0.15, 0.2) is 18.2 Å². The normalized spacial score (nSPS) is 14.9. The monoisotopic (exact) mass is 237 g/mol. The summed E-state index contributed by atoms with van der Waals surface area (Å²) in [6.45, 7) is 6.13. The van der Waals surface area contributed by atoms with Crippen LogP contribution in [0.25, 0.3) is 0 Å². The van der Waals surface area contributed by atoms with Gasteiger partial charge in [-0.2, -0.15) is 0 Å². The molecule has 1 aromatic rings. The number of aliphatic hydroxyl groups is 1. The summed E-state index contributed by atoms with van der Waals surface area (Å²) in [5.74, 6) is 0.713. The average molecular weight is 237 g/mol. The highest BCUT2D eigenvalue weighted by molar-refractivity contribution is 5.38. The minimum atomic E-state index is -0.606. The van der Waals surface area contributed by atoms with Gasteiger partial charge < -0.3 is 15.9 Å². The van der Waals surface area contributed by atoms with Gasteiger partial charge in [-0.3, -0.25) is 0 Å². The second kappa shape index (κ2) is 6.03. The maximum atomic E-state index is 9.98. The molecule has 0 unspecified atom stereocenters. The fourth-order valence-corrected chi connectivity index (χ4v) is 1.83. The van der Waals surface area contributed by atoms with Gasteiger partial charge >= 0.3 is 0 Å². The van der Waals surface area contributed by atoms with E-state index >= 15 is 0 Å². The van der Waals surface area contributed by atoms with Crippen LogP contribution < -0.4 is 5.73 Å². The van der Waals surface area contributed by atoms with E-state index in [-0.39, 0.29) is 5.75 Å². The molecule has 0 aliphatic rings. The van der Waals surface area contributed by atoms with Gasteiger partial charge in [0, 0.05) is 5.56 Å². The molecule has 3 heteroatoms. The lowest BCUT2D eigenvalue weighted by Crippen LogP contribution is -2.26. The number of rotatable bonds is 5. The molecule has 0 aliphatic carbocycles. The first kappa shape index (κ1) is 14.0. The smallest absolute Gasteiger partial charge is 0.120 e. The molecule has 0 aromatic heterocycles. The first-order chi connectivity index (χ1) is 7.91. The molecule has 0 radical (unpaired) electrons. The van der Waals surface area contributed by atoms with Gasteiger partial charge in [0.05, 0.1) is 12.1 Å². The molecule has 0 saturated carbocycles. The van der Waals surface area contributed by atoms with Gasteiger partial charge in [-0.15, -0.1) is 0 Å². The van der Waals surface area contributed by atoms with Gasteiger partial charge in [0.2, 0.25) is 0 Å². The first-order valence-corrected chi connectivity index (χ1v) is 6.15. The first-order valence-electron chi connectivity index (χ1n) is 6.15. The van der Waals surface area contributed by atoms with Crippen molar-refractivity contribution in [1.82, 2.24) is 0 Å². The molecule has 17 heavy (non-hydrogen) atoms. The van der Waals surface area contributed by atoms with E-state index in [1.54, 1.807) is 12.1 Å². The van der Waals surface area contributed by atoms with Gasteiger partial charge in [0.1, 0.15) is 5.75 Å². The zero-order valence-electron chi connectivity index (χ0n) is 10.9. The van der Waals surface area contributed by atoms with Crippen LogP contribution in [0.2, 0.25) is 0 Å². The predicted octanol–water partition coefficient (Wildman–Crippen LogP) is 2.50. The zero-order chi connectivity index (χ0) is 13.0. The minimum Gasteiger partial charge on any atom is -0.508 e. The van der Waals surface area contributed by atoms with Crippen LogP contribution in [0.1, 0.15) is 43.9 Å². The van der Waals surface area contributed by atoms with E-state index in [0.29, 0.717) is 17.9 Å². The Morgan fingerprint density at radius 1 is 1.24 bits per heavy atom. The zero-order valence-corrected chi connectivity index (χ0v) is 10.9. The molecule has 0 amide bonds. The van der Waals surface area contributed by atoms with Crippen LogP contribution in [0, 0.1) is 12.8 Å². The number of benzene rings is 1. The number of aryl methyl sites for hydroxylation is 1. The van der Waals surface area contributed by atoms with E-state index in [4.69, 9.17) is 5.73 Å². The topological polar surface area (TPSA) is 66.5 Å². The van der Waals surface area contributed by atoms with E-state index in [0.717, 1.165) is 12.0 Å². The van der Waals surface area contributed by atoms with Gasteiger partial charge in [-0.05, 0) is 37.3 Å². The Kier molecular flexibility index (Phi) is 4.97. The number of aromatic hydroxyl groups is 1. The third-order valence-electron chi connectivity index (χ3n) is 3.00. The molecule has 96 valence electrons. The lowest BCUT2D eigenvalue weighted by Gasteiger charge is -2.21. The minimum absolute atomic E-state index is 0.168. The Morgan fingerprint density at radius 3 is 2.41 bits per heavy atom. The van der Waals surface area contributed by atoms with Gasteiger partial charge in [0.25, 0.3) is 0 Å². The molecule has 0 heterocycles. The quantitative estimate of drug-likeness (QED) is 0.737. The summed E-state index contributed by atoms with van der Waals surface area (Å²) in [4.78, 5) is 0. The second-order valence-corrected chi connectivity index (χ2v) is 5.13. The lowest BCUT2D eigenvalue weighted by molar-refractivity contribution is 0.127. The van der Waals surface area contributed by atoms with Crippen LogP contribution >= 0.6 is 0 Å². The molecule has 0 aliphatic heterocycles. The summed E-state index contributed by atoms with van der Waals surface area (Å²) >= 11 is 0. The summed E-state index contributed by atoms with van der Waals surface area (Å²) in [6, 6.07) is 4.83. The SMILES string of the molecule is Cc1ccc([C@@H](N)[C@@H](O)CCC(C)C)c(O)c1. The van der Waals surface area contributed by atoms with Crippen molar-refractivity contribution in [2.75, 3.05) is 0 Å². The number of phenols is 1. The number of aliphatic hydroxyl groups excluding tert-OH is 1. The molecule has 4 N–H and O–H groups in total. The summed E-state index contributed by atoms with van der Waals surface area (Å²) in [5.41, 5.74) is 7.56. The van der Waals surface area contributed by atoms with Crippen molar-refractivity contribution < 1.29 is 10.2 Å². The van der Waals surface area contributed by atoms with Crippen molar-refractivity contribution in [2.45, 2.75) is 45.8 Å². The number of hydrogen-bond donors (Lipinski definition) is 3. The molecule has 0 fully saturated rings. The third-order valence-corrected chi connectivity index (χ3v) is 3.00. The van der Waals surface area contributed by atoms with Crippen LogP contribution in [0.3, 0.4) is 0 Å². The van der Waals surface area contributed by atoms with Crippen LogP contribution in [0.5, 0.6) is 5.75 Å². The molecule has 0 saturated heterocycles. The molecule has 2 atom stereocenters. The van der Waals surface area contributed by atoms with Crippen molar-refractivity contribution in [3.05, 3.63) is 29.3 Å². The molecule has 0 spiro atoms. The van der Waals surface area contributed by atoms with E-state index in [9.17, 15) is 10.2 Å². The molecular weight excluding hydrogens is 214 g/mol. The second-order valence-electron chi connectivity index (χ2n) is 5.13. The number of nitrogens with two attached hydrogens (primary N) is 1. The molecular formula is C14H23NO2. The summed E-state index contributed by atoms with van der Waals surface area (Å²) in [5, 5.41) is 19.8. The maximum absolute atomic E-state index is 9.98. The lowest BCUT2D eigenvalue weighted by atomic mass is 9.95. The van der Waals surface area contributed by atoms with Crippen LogP contribution in [0.4, 0.5) is 0 Å². The Labute approximate surface area is 103 Å². The van der Waals surface area contributed by atoms with Crippen molar-refractivity contribution in [3.63, 3.8) is 0 Å². The Hall–Kier alpha value is -1.06. The molecule has 3 nitrogen and oxygen atoms in total. The van der Waals surface area contributed by atoms with Crippen LogP contribution in [-0.2, 0) is 0 Å². The van der Waals surface area contributed by atoms with Crippen molar-refractivity contribution in [2.24, 2.45) is 11.7 Å². The largest absolute Gasteiger partial charge is 0.508 e. The van der Waals surface area contributed by atoms with Gasteiger partial charge in [-0.1, -0.05) is 26.0 Å². The Bertz CT molecular complexity index is 363. The highest BCUT2D eigenvalue weighted by Gasteiger charge is 2.19. The van der Waals surface area contributed by atoms with E-state index in [1.807, 2.05) is 13.0 Å². The summed E-state index contributed by atoms with van der Waals surface area (Å²) in [7, 11) is 0. The Morgan fingerprint density at radius 2 is 1.88 bits per heavy atom. The number of hydrogen-bond acceptors (Lipinski definition) is 3.